The molecule has 8 nitrogen and oxygen atoms in total. The molecule has 3 heterocycles. The maximum atomic E-state index is 12.7. The second-order valence-corrected chi connectivity index (χ2v) is 9.45. The van der Waals surface area contributed by atoms with E-state index in [0.29, 0.717) is 39.0 Å². The number of nitrogens with zero attached hydrogens (tertiary/aromatic N) is 5. The van der Waals surface area contributed by atoms with E-state index in [2.05, 4.69) is 9.98 Å². The molecular weight excluding hydrogens is 514 g/mol. The summed E-state index contributed by atoms with van der Waals surface area (Å²) in [7, 11) is 1.58. The van der Waals surface area contributed by atoms with Crippen LogP contribution in [0.25, 0.3) is 16.6 Å². The van der Waals surface area contributed by atoms with Crippen LogP contribution in [0.15, 0.2) is 63.5 Å². The first kappa shape index (κ1) is 27.6. The summed E-state index contributed by atoms with van der Waals surface area (Å²) in [6, 6.07) is 14.6. The molecule has 0 saturated carbocycles. The van der Waals surface area contributed by atoms with Crippen LogP contribution < -0.4 is 15.0 Å². The standard InChI is InChI=1S/C30H28ClN5O3/c1-6-33-28(20(4)31)23-13-18(2)35-29-22(23)10-7-11-26(29)39-17-24-25(34-19(3)14-27(24)38-5)16-36-12-8-9-21(15-32)30(36)37/h6-14H,16-17H2,1-5H3/b28-20+,33-6-. The normalized spacial score (nSPS) is 11.9. The number of nitriles is 1. The summed E-state index contributed by atoms with van der Waals surface area (Å²) in [5.74, 6) is 1.16. The molecular formula is C30H28ClN5O3. The number of ether oxygens (including phenoxy) is 2. The predicted molar refractivity (Wildman–Crippen MR) is 153 cm³/mol. The van der Waals surface area contributed by atoms with Gasteiger partial charge in [0.05, 0.1) is 30.6 Å². The number of aryl methyl sites for hydroxylation is 2. The molecule has 0 aliphatic heterocycles. The van der Waals surface area contributed by atoms with Crippen LogP contribution in [-0.2, 0) is 13.2 Å². The van der Waals surface area contributed by atoms with Gasteiger partial charge in [0.1, 0.15) is 35.3 Å². The summed E-state index contributed by atoms with van der Waals surface area (Å²) in [5.41, 5.74) is 4.71. The van der Waals surface area contributed by atoms with Gasteiger partial charge in [0, 0.05) is 45.8 Å². The molecule has 0 bridgehead atoms. The van der Waals surface area contributed by atoms with Crippen molar-refractivity contribution in [2.45, 2.75) is 40.8 Å². The molecule has 4 rings (SSSR count). The van der Waals surface area contributed by atoms with Crippen LogP contribution >= 0.6 is 11.6 Å². The smallest absolute Gasteiger partial charge is 0.268 e. The molecule has 9 heteroatoms. The van der Waals surface area contributed by atoms with E-state index < -0.39 is 0 Å². The fourth-order valence-electron chi connectivity index (χ4n) is 4.39. The highest BCUT2D eigenvalue weighted by molar-refractivity contribution is 6.32. The van der Waals surface area contributed by atoms with Gasteiger partial charge in [-0.25, -0.2) is 4.98 Å². The van der Waals surface area contributed by atoms with Crippen molar-refractivity contribution in [1.82, 2.24) is 14.5 Å². The third-order valence-corrected chi connectivity index (χ3v) is 6.30. The molecule has 3 aromatic heterocycles. The fourth-order valence-corrected chi connectivity index (χ4v) is 4.54. The van der Waals surface area contributed by atoms with Crippen LogP contribution in [0, 0.1) is 25.2 Å². The van der Waals surface area contributed by atoms with Crippen LogP contribution in [0.5, 0.6) is 11.5 Å². The monoisotopic (exact) mass is 541 g/mol. The van der Waals surface area contributed by atoms with Crippen molar-refractivity contribution >= 4 is 34.4 Å². The van der Waals surface area contributed by atoms with Crippen molar-refractivity contribution < 1.29 is 9.47 Å². The Morgan fingerprint density at radius 1 is 1.15 bits per heavy atom. The van der Waals surface area contributed by atoms with Gasteiger partial charge in [0.25, 0.3) is 5.56 Å². The summed E-state index contributed by atoms with van der Waals surface area (Å²) >= 11 is 6.40. The van der Waals surface area contributed by atoms with Crippen LogP contribution in [0.1, 0.15) is 47.6 Å². The number of methoxy groups -OCH3 is 1. The SMILES string of the molecule is C/C=N\C(=C(/C)Cl)c1cc(C)nc2c(OCc3c(OC)cc(C)nc3Cn3cccc(C#N)c3=O)cccc12. The Morgan fingerprint density at radius 2 is 1.92 bits per heavy atom. The fraction of sp³-hybridized carbons (Fsp3) is 0.233. The lowest BCUT2D eigenvalue weighted by Gasteiger charge is -2.17. The van der Waals surface area contributed by atoms with E-state index in [0.717, 1.165) is 22.3 Å². The molecule has 0 spiro atoms. The Morgan fingerprint density at radius 3 is 2.62 bits per heavy atom. The summed E-state index contributed by atoms with van der Waals surface area (Å²) in [6.07, 6.45) is 3.34. The van der Waals surface area contributed by atoms with Crippen molar-refractivity contribution in [1.29, 1.82) is 5.26 Å². The maximum Gasteiger partial charge on any atom is 0.268 e. The topological polar surface area (TPSA) is 102 Å². The zero-order valence-corrected chi connectivity index (χ0v) is 23.2. The third-order valence-electron chi connectivity index (χ3n) is 6.12. The molecule has 0 N–H and O–H groups in total. The number of pyridine rings is 3. The van der Waals surface area contributed by atoms with Gasteiger partial charge in [-0.05, 0) is 52.0 Å². The lowest BCUT2D eigenvalue weighted by molar-refractivity contribution is 0.296. The van der Waals surface area contributed by atoms with Crippen molar-refractivity contribution in [3.63, 3.8) is 0 Å². The maximum absolute atomic E-state index is 12.7. The van der Waals surface area contributed by atoms with Gasteiger partial charge in [-0.2, -0.15) is 5.26 Å². The number of hydrogen-bond acceptors (Lipinski definition) is 7. The zero-order valence-electron chi connectivity index (χ0n) is 22.4. The van der Waals surface area contributed by atoms with Gasteiger partial charge in [-0.1, -0.05) is 23.7 Å². The minimum atomic E-state index is -0.386. The summed E-state index contributed by atoms with van der Waals surface area (Å²) < 4.78 is 13.5. The van der Waals surface area contributed by atoms with E-state index in [1.165, 1.54) is 10.6 Å². The Kier molecular flexibility index (Phi) is 8.43. The van der Waals surface area contributed by atoms with E-state index in [-0.39, 0.29) is 24.3 Å². The molecule has 0 unspecified atom stereocenters. The van der Waals surface area contributed by atoms with Crippen molar-refractivity contribution in [2.75, 3.05) is 7.11 Å². The average Bonchev–Trinajstić information content (AvgIpc) is 2.91. The molecule has 39 heavy (non-hydrogen) atoms. The number of halogens is 1. The van der Waals surface area contributed by atoms with Gasteiger partial charge in [-0.15, -0.1) is 0 Å². The molecule has 0 saturated heterocycles. The summed E-state index contributed by atoms with van der Waals surface area (Å²) in [6.45, 7) is 7.69. The van der Waals surface area contributed by atoms with Gasteiger partial charge in [0.2, 0.25) is 0 Å². The van der Waals surface area contributed by atoms with Gasteiger partial charge < -0.3 is 14.0 Å². The van der Waals surface area contributed by atoms with E-state index in [1.807, 2.05) is 64.1 Å². The molecule has 0 amide bonds. The summed E-state index contributed by atoms with van der Waals surface area (Å²) in [4.78, 5) is 26.7. The van der Waals surface area contributed by atoms with Gasteiger partial charge >= 0.3 is 0 Å². The first-order valence-corrected chi connectivity index (χ1v) is 12.7. The molecule has 0 atom stereocenters. The largest absolute Gasteiger partial charge is 0.496 e. The number of para-hydroxylation sites is 1. The van der Waals surface area contributed by atoms with Crippen molar-refractivity contribution in [3.8, 4) is 17.6 Å². The lowest BCUT2D eigenvalue weighted by Crippen LogP contribution is -2.23. The Hall–Kier alpha value is -4.48. The number of hydrogen-bond donors (Lipinski definition) is 0. The van der Waals surface area contributed by atoms with E-state index in [4.69, 9.17) is 26.1 Å². The molecule has 1 aromatic carbocycles. The minimum Gasteiger partial charge on any atom is -0.496 e. The van der Waals surface area contributed by atoms with E-state index in [9.17, 15) is 10.1 Å². The first-order valence-electron chi connectivity index (χ1n) is 12.3. The molecule has 0 radical (unpaired) electrons. The molecule has 0 aliphatic rings. The molecule has 4 aromatic rings. The second kappa shape index (κ2) is 11.9. The average molecular weight is 542 g/mol. The van der Waals surface area contributed by atoms with E-state index >= 15 is 0 Å². The van der Waals surface area contributed by atoms with Gasteiger partial charge in [0.15, 0.2) is 0 Å². The number of rotatable bonds is 8. The van der Waals surface area contributed by atoms with Crippen molar-refractivity contribution in [3.05, 3.63) is 97.8 Å². The zero-order chi connectivity index (χ0) is 28.1. The van der Waals surface area contributed by atoms with E-state index in [1.54, 1.807) is 25.6 Å². The summed E-state index contributed by atoms with van der Waals surface area (Å²) in [5, 5.41) is 10.7. The van der Waals surface area contributed by atoms with Crippen LogP contribution in [0.2, 0.25) is 0 Å². The van der Waals surface area contributed by atoms with Crippen LogP contribution in [-0.4, -0.2) is 27.9 Å². The molecule has 0 aliphatic carbocycles. The number of aliphatic imine (C=N–C) groups is 1. The molecule has 0 fully saturated rings. The highest BCUT2D eigenvalue weighted by Crippen LogP contribution is 2.34. The van der Waals surface area contributed by atoms with Gasteiger partial charge in [-0.3, -0.25) is 14.8 Å². The number of allylic oxidation sites excluding steroid dienone is 1. The van der Waals surface area contributed by atoms with Crippen LogP contribution in [0.4, 0.5) is 0 Å². The quantitative estimate of drug-likeness (QED) is 0.256. The Balaban J connectivity index is 1.78. The minimum absolute atomic E-state index is 0.0657. The highest BCUT2D eigenvalue weighted by Gasteiger charge is 2.18. The lowest BCUT2D eigenvalue weighted by atomic mass is 10.0. The number of aromatic nitrogens is 3. The van der Waals surface area contributed by atoms with Crippen LogP contribution in [0.3, 0.4) is 0 Å². The Labute approximate surface area is 231 Å². The first-order chi connectivity index (χ1) is 18.8. The Bertz CT molecular complexity index is 1710. The number of benzene rings is 1. The van der Waals surface area contributed by atoms with Crippen molar-refractivity contribution in [2.24, 2.45) is 4.99 Å². The highest BCUT2D eigenvalue weighted by atomic mass is 35.5. The number of fused-ring (bicyclic) bond motifs is 1. The second-order valence-electron chi connectivity index (χ2n) is 8.88. The third kappa shape index (κ3) is 5.84. The molecule has 198 valence electrons. The predicted octanol–water partition coefficient (Wildman–Crippen LogP) is 5.93.